The maximum absolute atomic E-state index is 12.3. The van der Waals surface area contributed by atoms with Crippen LogP contribution in [-0.4, -0.2) is 16.6 Å². The fraction of sp³-hybridized carbons (Fsp3) is 0.0588. The Morgan fingerprint density at radius 1 is 1.00 bits per heavy atom. The maximum Gasteiger partial charge on any atom is 0.199 e. The lowest BCUT2D eigenvalue weighted by atomic mass is 10.1. The normalized spacial score (nSPS) is 14.3. The number of carbonyl (C=O) groups is 1. The number of nitrogens with zero attached hydrogens (tertiary/aromatic N) is 1. The highest BCUT2D eigenvalue weighted by atomic mass is 16.3. The van der Waals surface area contributed by atoms with Gasteiger partial charge in [-0.2, -0.15) is 5.10 Å². The lowest BCUT2D eigenvalue weighted by Crippen LogP contribution is -2.09. The van der Waals surface area contributed by atoms with Crippen LogP contribution in [0.2, 0.25) is 0 Å². The Kier molecular flexibility index (Phi) is 3.28. The molecule has 3 rings (SSSR count). The van der Waals surface area contributed by atoms with Crippen molar-refractivity contribution in [2.24, 2.45) is 5.10 Å². The van der Waals surface area contributed by atoms with Crippen molar-refractivity contribution in [2.45, 2.75) is 6.92 Å². The number of ketones is 1. The van der Waals surface area contributed by atoms with Gasteiger partial charge in [0.05, 0.1) is 17.0 Å². The van der Waals surface area contributed by atoms with Gasteiger partial charge in [-0.05, 0) is 19.1 Å². The van der Waals surface area contributed by atoms with Gasteiger partial charge in [-0.25, -0.2) is 0 Å². The Morgan fingerprint density at radius 2 is 1.62 bits per heavy atom. The number of aliphatic hydroxyl groups is 1. The van der Waals surface area contributed by atoms with E-state index >= 15 is 0 Å². The molecule has 0 saturated carbocycles. The minimum Gasteiger partial charge on any atom is -0.506 e. The van der Waals surface area contributed by atoms with Crippen LogP contribution < -0.4 is 5.43 Å². The molecule has 0 amide bonds. The van der Waals surface area contributed by atoms with Crippen LogP contribution in [0.5, 0.6) is 0 Å². The summed E-state index contributed by atoms with van der Waals surface area (Å²) in [6.07, 6.45) is 0. The van der Waals surface area contributed by atoms with E-state index in [1.54, 1.807) is 31.2 Å². The van der Waals surface area contributed by atoms with E-state index < -0.39 is 0 Å². The molecule has 104 valence electrons. The number of allylic oxidation sites excluding steroid dienone is 1. The quantitative estimate of drug-likeness (QED) is 0.665. The predicted molar refractivity (Wildman–Crippen MR) is 83.5 cm³/mol. The molecule has 0 fully saturated rings. The Hall–Kier alpha value is -2.88. The molecule has 0 atom stereocenters. The molecule has 0 saturated heterocycles. The van der Waals surface area contributed by atoms with Crippen LogP contribution in [0.4, 0.5) is 5.69 Å². The zero-order chi connectivity index (χ0) is 14.8. The van der Waals surface area contributed by atoms with Crippen LogP contribution in [0.15, 0.2) is 65.3 Å². The van der Waals surface area contributed by atoms with E-state index in [2.05, 4.69) is 10.5 Å². The first-order valence-corrected chi connectivity index (χ1v) is 6.61. The molecule has 4 heteroatoms. The number of hydrogen-bond acceptors (Lipinski definition) is 4. The zero-order valence-corrected chi connectivity index (χ0v) is 11.5. The minimum absolute atomic E-state index is 0.00767. The number of anilines is 1. The molecule has 1 aliphatic carbocycles. The molecule has 0 unspecified atom stereocenters. The zero-order valence-electron chi connectivity index (χ0n) is 11.5. The molecule has 4 nitrogen and oxygen atoms in total. The second-order valence-electron chi connectivity index (χ2n) is 4.77. The molecule has 21 heavy (non-hydrogen) atoms. The van der Waals surface area contributed by atoms with Gasteiger partial charge in [-0.15, -0.1) is 0 Å². The number of para-hydroxylation sites is 1. The molecule has 0 radical (unpaired) electrons. The van der Waals surface area contributed by atoms with Crippen LogP contribution in [0.25, 0.3) is 5.76 Å². The summed E-state index contributed by atoms with van der Waals surface area (Å²) in [7, 11) is 0. The molecule has 0 bridgehead atoms. The van der Waals surface area contributed by atoms with Gasteiger partial charge in [0, 0.05) is 11.1 Å². The van der Waals surface area contributed by atoms with Gasteiger partial charge in [-0.1, -0.05) is 42.5 Å². The largest absolute Gasteiger partial charge is 0.506 e. The average molecular weight is 278 g/mol. The first-order chi connectivity index (χ1) is 10.2. The van der Waals surface area contributed by atoms with Crippen molar-refractivity contribution in [3.8, 4) is 0 Å². The fourth-order valence-corrected chi connectivity index (χ4v) is 2.32. The van der Waals surface area contributed by atoms with Gasteiger partial charge in [0.1, 0.15) is 5.76 Å². The third-order valence-corrected chi connectivity index (χ3v) is 3.38. The van der Waals surface area contributed by atoms with Crippen molar-refractivity contribution in [1.82, 2.24) is 0 Å². The average Bonchev–Trinajstić information content (AvgIpc) is 2.78. The van der Waals surface area contributed by atoms with Gasteiger partial charge >= 0.3 is 0 Å². The van der Waals surface area contributed by atoms with Crippen LogP contribution >= 0.6 is 0 Å². The smallest absolute Gasteiger partial charge is 0.199 e. The third-order valence-electron chi connectivity index (χ3n) is 3.38. The number of rotatable bonds is 3. The predicted octanol–water partition coefficient (Wildman–Crippen LogP) is 3.64. The van der Waals surface area contributed by atoms with E-state index in [0.717, 1.165) is 5.69 Å². The van der Waals surface area contributed by atoms with Crippen molar-refractivity contribution in [3.63, 3.8) is 0 Å². The van der Waals surface area contributed by atoms with Gasteiger partial charge in [-0.3, -0.25) is 10.2 Å². The summed E-state index contributed by atoms with van der Waals surface area (Å²) < 4.78 is 0. The van der Waals surface area contributed by atoms with Crippen molar-refractivity contribution < 1.29 is 9.90 Å². The standard InChI is InChI=1S/C17H14N2O2/c1-11(18-19-12-7-3-2-4-8-12)15-16(20)13-9-5-6-10-14(13)17(15)21/h2-10,19-20H,1H3/b18-11+. The summed E-state index contributed by atoms with van der Waals surface area (Å²) in [4.78, 5) is 12.3. The fourth-order valence-electron chi connectivity index (χ4n) is 2.32. The summed E-state index contributed by atoms with van der Waals surface area (Å²) in [5.74, 6) is -0.203. The number of aliphatic hydroxyl groups excluding tert-OH is 1. The van der Waals surface area contributed by atoms with Crippen LogP contribution in [0.1, 0.15) is 22.8 Å². The number of hydrogen-bond donors (Lipinski definition) is 2. The number of hydrazone groups is 1. The Labute approximate surface area is 122 Å². The maximum atomic E-state index is 12.3. The number of Topliss-reactive ketones (excluding diaryl/α,β-unsaturated/α-hetero) is 1. The Bertz CT molecular complexity index is 761. The summed E-state index contributed by atoms with van der Waals surface area (Å²) in [6.45, 7) is 1.70. The van der Waals surface area contributed by atoms with E-state index in [4.69, 9.17) is 0 Å². The van der Waals surface area contributed by atoms with Crippen molar-refractivity contribution in [1.29, 1.82) is 0 Å². The van der Waals surface area contributed by atoms with Gasteiger partial charge in [0.25, 0.3) is 0 Å². The SMILES string of the molecule is C/C(=N\Nc1ccccc1)C1=C(O)c2ccccc2C1=O. The summed E-state index contributed by atoms with van der Waals surface area (Å²) in [6, 6.07) is 16.4. The number of benzene rings is 2. The lowest BCUT2D eigenvalue weighted by Gasteiger charge is -2.04. The summed E-state index contributed by atoms with van der Waals surface area (Å²) in [5, 5.41) is 14.4. The highest BCUT2D eigenvalue weighted by Gasteiger charge is 2.30. The van der Waals surface area contributed by atoms with E-state index in [9.17, 15) is 9.90 Å². The van der Waals surface area contributed by atoms with E-state index in [1.165, 1.54) is 0 Å². The van der Waals surface area contributed by atoms with Gasteiger partial charge < -0.3 is 5.11 Å². The lowest BCUT2D eigenvalue weighted by molar-refractivity contribution is 0.104. The second kappa shape index (κ2) is 5.25. The van der Waals surface area contributed by atoms with Crippen molar-refractivity contribution >= 4 is 22.9 Å². The molecule has 0 aromatic heterocycles. The number of fused-ring (bicyclic) bond motifs is 1. The number of nitrogens with one attached hydrogen (secondary N) is 1. The molecule has 2 aromatic carbocycles. The first kappa shape index (κ1) is 13.1. The highest BCUT2D eigenvalue weighted by molar-refractivity contribution is 6.35. The van der Waals surface area contributed by atoms with Crippen LogP contribution in [0.3, 0.4) is 0 Å². The molecule has 2 aromatic rings. The van der Waals surface area contributed by atoms with E-state index in [1.807, 2.05) is 30.3 Å². The summed E-state index contributed by atoms with van der Waals surface area (Å²) >= 11 is 0. The monoisotopic (exact) mass is 278 g/mol. The van der Waals surface area contributed by atoms with E-state index in [0.29, 0.717) is 16.8 Å². The Balaban J connectivity index is 1.91. The highest BCUT2D eigenvalue weighted by Crippen LogP contribution is 2.31. The van der Waals surface area contributed by atoms with Crippen LogP contribution in [-0.2, 0) is 0 Å². The molecule has 1 aliphatic rings. The number of carbonyl (C=O) groups excluding carboxylic acids is 1. The van der Waals surface area contributed by atoms with Crippen LogP contribution in [0, 0.1) is 0 Å². The first-order valence-electron chi connectivity index (χ1n) is 6.61. The third kappa shape index (κ3) is 2.31. The van der Waals surface area contributed by atoms with Crippen molar-refractivity contribution in [3.05, 3.63) is 71.3 Å². The van der Waals surface area contributed by atoms with Gasteiger partial charge in [0.15, 0.2) is 5.78 Å². The van der Waals surface area contributed by atoms with E-state index in [-0.39, 0.29) is 17.1 Å². The minimum atomic E-state index is -0.195. The molecule has 0 aliphatic heterocycles. The molecular weight excluding hydrogens is 264 g/mol. The molecule has 0 heterocycles. The molecule has 2 N–H and O–H groups in total. The second-order valence-corrected chi connectivity index (χ2v) is 4.77. The topological polar surface area (TPSA) is 61.7 Å². The Morgan fingerprint density at radius 3 is 2.29 bits per heavy atom. The van der Waals surface area contributed by atoms with Gasteiger partial charge in [0.2, 0.25) is 0 Å². The molecule has 0 spiro atoms. The summed E-state index contributed by atoms with van der Waals surface area (Å²) in [5.41, 5.74) is 5.48. The molecular formula is C17H14N2O2. The van der Waals surface area contributed by atoms with Crippen molar-refractivity contribution in [2.75, 3.05) is 5.43 Å².